The highest BCUT2D eigenvalue weighted by Gasteiger charge is 2.09. The lowest BCUT2D eigenvalue weighted by Crippen LogP contribution is -2.36. The molecule has 126 valence electrons. The topological polar surface area (TPSA) is 70.2 Å². The lowest BCUT2D eigenvalue weighted by Gasteiger charge is -2.11. The van der Waals surface area contributed by atoms with E-state index >= 15 is 0 Å². The molecule has 2 amide bonds. The van der Waals surface area contributed by atoms with Crippen LogP contribution in [0.2, 0.25) is 5.02 Å². The normalized spacial score (nSPS) is 10.1. The summed E-state index contributed by atoms with van der Waals surface area (Å²) in [6, 6.07) is 13.0. The first kappa shape index (κ1) is 17.8. The fourth-order valence-electron chi connectivity index (χ4n) is 2.13. The van der Waals surface area contributed by atoms with Gasteiger partial charge in [0.15, 0.2) is 0 Å². The fourth-order valence-corrected chi connectivity index (χ4v) is 2.30. The Hall–Kier alpha value is -2.53. The van der Waals surface area contributed by atoms with Crippen LogP contribution in [0, 0.1) is 13.8 Å². The van der Waals surface area contributed by atoms with Gasteiger partial charge in [-0.2, -0.15) is 0 Å². The zero-order chi connectivity index (χ0) is 17.5. The highest BCUT2D eigenvalue weighted by Crippen LogP contribution is 2.22. The van der Waals surface area contributed by atoms with Crippen LogP contribution in [0.1, 0.15) is 11.1 Å². The maximum atomic E-state index is 11.9. The molecule has 6 heteroatoms. The van der Waals surface area contributed by atoms with Crippen LogP contribution in [0.3, 0.4) is 0 Å². The predicted octanol–water partition coefficient (Wildman–Crippen LogP) is 3.12. The van der Waals surface area contributed by atoms with Crippen molar-refractivity contribution in [3.05, 3.63) is 58.6 Å². The Bertz CT molecular complexity index is 747. The van der Waals surface area contributed by atoms with E-state index < -0.39 is 0 Å². The molecule has 0 spiro atoms. The number of hydrogen-bond donors (Lipinski definition) is 3. The molecule has 0 saturated carbocycles. The second-order valence-corrected chi connectivity index (χ2v) is 5.81. The molecule has 24 heavy (non-hydrogen) atoms. The fraction of sp³-hybridized carbons (Fsp3) is 0.222. The molecule has 2 rings (SSSR count). The van der Waals surface area contributed by atoms with Crippen molar-refractivity contribution in [2.75, 3.05) is 23.7 Å². The average Bonchev–Trinajstić information content (AvgIpc) is 2.56. The monoisotopic (exact) mass is 345 g/mol. The SMILES string of the molecule is Cc1ccccc1NCC(=O)NCC(=O)Nc1cccc(Cl)c1C. The number of carbonyl (C=O) groups is 2. The summed E-state index contributed by atoms with van der Waals surface area (Å²) in [6.45, 7) is 3.79. The maximum absolute atomic E-state index is 11.9. The molecule has 5 nitrogen and oxygen atoms in total. The van der Waals surface area contributed by atoms with Crippen LogP contribution in [-0.2, 0) is 9.59 Å². The molecule has 0 aliphatic heterocycles. The summed E-state index contributed by atoms with van der Waals surface area (Å²) >= 11 is 6.01. The molecule has 0 aliphatic carbocycles. The Morgan fingerprint density at radius 3 is 2.38 bits per heavy atom. The Kier molecular flexibility index (Phi) is 6.21. The Labute approximate surface area is 146 Å². The molecule has 0 aromatic heterocycles. The van der Waals surface area contributed by atoms with E-state index in [9.17, 15) is 9.59 Å². The van der Waals surface area contributed by atoms with Crippen LogP contribution in [-0.4, -0.2) is 24.9 Å². The highest BCUT2D eigenvalue weighted by molar-refractivity contribution is 6.31. The van der Waals surface area contributed by atoms with E-state index in [2.05, 4.69) is 16.0 Å². The summed E-state index contributed by atoms with van der Waals surface area (Å²) in [4.78, 5) is 23.8. The van der Waals surface area contributed by atoms with Crippen molar-refractivity contribution >= 4 is 34.8 Å². The summed E-state index contributed by atoms with van der Waals surface area (Å²) in [5.41, 5.74) is 3.38. The highest BCUT2D eigenvalue weighted by atomic mass is 35.5. The molecule has 0 fully saturated rings. The Morgan fingerprint density at radius 1 is 0.917 bits per heavy atom. The maximum Gasteiger partial charge on any atom is 0.243 e. The van der Waals surface area contributed by atoms with E-state index in [4.69, 9.17) is 11.6 Å². The van der Waals surface area contributed by atoms with Crippen molar-refractivity contribution in [2.45, 2.75) is 13.8 Å². The van der Waals surface area contributed by atoms with Crippen molar-refractivity contribution in [1.82, 2.24) is 5.32 Å². The van der Waals surface area contributed by atoms with Gasteiger partial charge in [0.1, 0.15) is 0 Å². The van der Waals surface area contributed by atoms with Gasteiger partial charge in [0.2, 0.25) is 11.8 Å². The van der Waals surface area contributed by atoms with Crippen molar-refractivity contribution < 1.29 is 9.59 Å². The lowest BCUT2D eigenvalue weighted by atomic mass is 10.2. The van der Waals surface area contributed by atoms with Gasteiger partial charge >= 0.3 is 0 Å². The first-order valence-electron chi connectivity index (χ1n) is 7.58. The summed E-state index contributed by atoms with van der Waals surface area (Å²) in [7, 11) is 0. The van der Waals surface area contributed by atoms with Gasteiger partial charge in [0.25, 0.3) is 0 Å². The first-order valence-corrected chi connectivity index (χ1v) is 7.96. The lowest BCUT2D eigenvalue weighted by molar-refractivity contribution is -0.122. The third kappa shape index (κ3) is 4.99. The Morgan fingerprint density at radius 2 is 1.62 bits per heavy atom. The second kappa shape index (κ2) is 8.36. The van der Waals surface area contributed by atoms with Crippen LogP contribution in [0.15, 0.2) is 42.5 Å². The van der Waals surface area contributed by atoms with Gasteiger partial charge in [-0.3, -0.25) is 9.59 Å². The van der Waals surface area contributed by atoms with Gasteiger partial charge in [-0.25, -0.2) is 0 Å². The third-order valence-electron chi connectivity index (χ3n) is 3.57. The van der Waals surface area contributed by atoms with Gasteiger partial charge < -0.3 is 16.0 Å². The Balaban J connectivity index is 1.78. The smallest absolute Gasteiger partial charge is 0.243 e. The molecule has 0 bridgehead atoms. The minimum absolute atomic E-state index is 0.0970. The van der Waals surface area contributed by atoms with E-state index in [1.54, 1.807) is 18.2 Å². The van der Waals surface area contributed by atoms with Gasteiger partial charge in [-0.15, -0.1) is 0 Å². The summed E-state index contributed by atoms with van der Waals surface area (Å²) in [6.07, 6.45) is 0. The number of aryl methyl sites for hydroxylation is 1. The van der Waals surface area contributed by atoms with E-state index in [0.29, 0.717) is 10.7 Å². The summed E-state index contributed by atoms with van der Waals surface area (Å²) in [5, 5.41) is 8.93. The van der Waals surface area contributed by atoms with Crippen molar-refractivity contribution in [3.8, 4) is 0 Å². The second-order valence-electron chi connectivity index (χ2n) is 5.41. The van der Waals surface area contributed by atoms with Gasteiger partial charge in [-0.05, 0) is 43.2 Å². The van der Waals surface area contributed by atoms with E-state index in [1.807, 2.05) is 38.1 Å². The molecule has 3 N–H and O–H groups in total. The van der Waals surface area contributed by atoms with E-state index in [0.717, 1.165) is 16.8 Å². The molecule has 0 atom stereocenters. The molecular formula is C18H20ClN3O2. The van der Waals surface area contributed by atoms with Crippen LogP contribution >= 0.6 is 11.6 Å². The first-order chi connectivity index (χ1) is 11.5. The largest absolute Gasteiger partial charge is 0.376 e. The molecule has 0 saturated heterocycles. The predicted molar refractivity (Wildman–Crippen MR) is 97.5 cm³/mol. The minimum Gasteiger partial charge on any atom is -0.376 e. The number of amides is 2. The van der Waals surface area contributed by atoms with E-state index in [-0.39, 0.29) is 24.9 Å². The number of carbonyl (C=O) groups excluding carboxylic acids is 2. The molecule has 0 aliphatic rings. The van der Waals surface area contributed by atoms with Crippen molar-refractivity contribution in [3.63, 3.8) is 0 Å². The zero-order valence-corrected chi connectivity index (χ0v) is 14.4. The standard InChI is InChI=1S/C18H20ClN3O2/c1-12-6-3-4-8-15(12)20-10-17(23)21-11-18(24)22-16-9-5-7-14(19)13(16)2/h3-9,20H,10-11H2,1-2H3,(H,21,23)(H,22,24). The quantitative estimate of drug-likeness (QED) is 0.753. The molecule has 0 heterocycles. The number of anilines is 2. The number of hydrogen-bond acceptors (Lipinski definition) is 3. The van der Waals surface area contributed by atoms with Crippen LogP contribution < -0.4 is 16.0 Å². The summed E-state index contributed by atoms with van der Waals surface area (Å²) < 4.78 is 0. The number of rotatable bonds is 6. The molecule has 0 radical (unpaired) electrons. The average molecular weight is 346 g/mol. The molecule has 2 aromatic rings. The number of benzene rings is 2. The molecular weight excluding hydrogens is 326 g/mol. The zero-order valence-electron chi connectivity index (χ0n) is 13.7. The van der Waals surface area contributed by atoms with Gasteiger partial charge in [0, 0.05) is 16.4 Å². The number of para-hydroxylation sites is 1. The minimum atomic E-state index is -0.301. The van der Waals surface area contributed by atoms with Crippen molar-refractivity contribution in [2.24, 2.45) is 0 Å². The van der Waals surface area contributed by atoms with Crippen LogP contribution in [0.25, 0.3) is 0 Å². The van der Waals surface area contributed by atoms with Gasteiger partial charge in [0.05, 0.1) is 13.1 Å². The van der Waals surface area contributed by atoms with Gasteiger partial charge in [-0.1, -0.05) is 35.9 Å². The number of halogens is 1. The summed E-state index contributed by atoms with van der Waals surface area (Å²) in [5.74, 6) is -0.555. The van der Waals surface area contributed by atoms with E-state index in [1.165, 1.54) is 0 Å². The third-order valence-corrected chi connectivity index (χ3v) is 3.98. The number of nitrogens with one attached hydrogen (secondary N) is 3. The van der Waals surface area contributed by atoms with Crippen molar-refractivity contribution in [1.29, 1.82) is 0 Å². The van der Waals surface area contributed by atoms with Crippen LogP contribution in [0.4, 0.5) is 11.4 Å². The van der Waals surface area contributed by atoms with Crippen LogP contribution in [0.5, 0.6) is 0 Å². The molecule has 0 unspecified atom stereocenters. The molecule has 2 aromatic carbocycles.